The first-order chi connectivity index (χ1) is 17.4. The van der Waals surface area contributed by atoms with Crippen LogP contribution >= 0.6 is 0 Å². The number of nitrogens with zero attached hydrogens (tertiary/aromatic N) is 2. The number of hydrogen-bond donors (Lipinski definition) is 3. The van der Waals surface area contributed by atoms with Gasteiger partial charge in [-0.1, -0.05) is 18.2 Å². The highest BCUT2D eigenvalue weighted by Crippen LogP contribution is 2.40. The quantitative estimate of drug-likeness (QED) is 0.323. The molecule has 3 N–H and O–H groups in total. The van der Waals surface area contributed by atoms with Crippen LogP contribution < -0.4 is 15.7 Å². The Kier molecular flexibility index (Phi) is 4.92. The average molecular weight is 482 g/mol. The molecule has 6 rings (SSSR count). The lowest BCUT2D eigenvalue weighted by Gasteiger charge is -2.11. The van der Waals surface area contributed by atoms with Gasteiger partial charge in [-0.25, -0.2) is 0 Å². The van der Waals surface area contributed by atoms with E-state index in [1.165, 1.54) is 6.07 Å². The number of ether oxygens (including phenoxy) is 1. The van der Waals surface area contributed by atoms with Crippen molar-refractivity contribution in [1.29, 1.82) is 0 Å². The monoisotopic (exact) mass is 482 g/mol. The molecule has 0 bridgehead atoms. The van der Waals surface area contributed by atoms with Gasteiger partial charge in [0.15, 0.2) is 11.2 Å². The van der Waals surface area contributed by atoms with E-state index >= 15 is 0 Å². The van der Waals surface area contributed by atoms with E-state index in [1.54, 1.807) is 16.9 Å². The van der Waals surface area contributed by atoms with Crippen LogP contribution in [-0.2, 0) is 6.61 Å². The smallest absolute Gasteiger partial charge is 0.274 e. The van der Waals surface area contributed by atoms with Crippen molar-refractivity contribution in [3.8, 4) is 22.6 Å². The normalized spacial score (nSPS) is 11.8. The van der Waals surface area contributed by atoms with Gasteiger partial charge in [-0.2, -0.15) is 0 Å². The highest BCUT2D eigenvalue weighted by molar-refractivity contribution is 6.15. The second-order valence-corrected chi connectivity index (χ2v) is 8.86. The predicted octanol–water partition coefficient (Wildman–Crippen LogP) is 4.84. The summed E-state index contributed by atoms with van der Waals surface area (Å²) in [6.07, 6.45) is 1.71. The van der Waals surface area contributed by atoms with Gasteiger partial charge >= 0.3 is 0 Å². The summed E-state index contributed by atoms with van der Waals surface area (Å²) in [6.45, 7) is 4.25. The van der Waals surface area contributed by atoms with Gasteiger partial charge in [0.1, 0.15) is 18.0 Å². The minimum absolute atomic E-state index is 0.0288. The largest absolute Gasteiger partial charge is 0.502 e. The van der Waals surface area contributed by atoms with Crippen molar-refractivity contribution >= 4 is 33.1 Å². The molecular formula is C27H22N4O5. The standard InChI is InChI=1S/C27H22N4O5/c1-14(2)31-26-21(27(34)30-31)20(25-22(29-26)18-10-11-19(32)23(33)24(18)36-25)15-6-8-17(9-7-15)35-13-16-5-3-4-12-28-16/h3-12,14,29,33H,13H2,1-2H3,(H,30,34). The number of hydrogen-bond acceptors (Lipinski definition) is 6. The maximum Gasteiger partial charge on any atom is 0.274 e. The van der Waals surface area contributed by atoms with Gasteiger partial charge in [-0.3, -0.25) is 24.4 Å². The van der Waals surface area contributed by atoms with E-state index in [2.05, 4.69) is 15.1 Å². The van der Waals surface area contributed by atoms with Gasteiger partial charge in [0, 0.05) is 23.2 Å². The van der Waals surface area contributed by atoms with Crippen LogP contribution in [0.25, 0.3) is 44.2 Å². The molecular weight excluding hydrogens is 460 g/mol. The van der Waals surface area contributed by atoms with Gasteiger partial charge in [0.25, 0.3) is 5.56 Å². The Morgan fingerprint density at radius 1 is 1.06 bits per heavy atom. The summed E-state index contributed by atoms with van der Waals surface area (Å²) in [5, 5.41) is 14.2. The molecule has 9 heteroatoms. The van der Waals surface area contributed by atoms with E-state index in [-0.39, 0.29) is 17.2 Å². The Morgan fingerprint density at radius 2 is 1.86 bits per heavy atom. The molecule has 0 amide bonds. The third-order valence-corrected chi connectivity index (χ3v) is 6.21. The predicted molar refractivity (Wildman–Crippen MR) is 137 cm³/mol. The summed E-state index contributed by atoms with van der Waals surface area (Å²) < 4.78 is 13.7. The summed E-state index contributed by atoms with van der Waals surface area (Å²) in [4.78, 5) is 32.8. The Morgan fingerprint density at radius 3 is 2.58 bits per heavy atom. The Bertz CT molecular complexity index is 1860. The molecule has 36 heavy (non-hydrogen) atoms. The molecule has 0 spiro atoms. The van der Waals surface area contributed by atoms with Crippen LogP contribution in [0.4, 0.5) is 0 Å². The molecule has 0 saturated carbocycles. The Balaban J connectivity index is 1.56. The van der Waals surface area contributed by atoms with Crippen LogP contribution in [0.1, 0.15) is 25.6 Å². The van der Waals surface area contributed by atoms with Crippen LogP contribution in [0.3, 0.4) is 0 Å². The maximum absolute atomic E-state index is 13.1. The van der Waals surface area contributed by atoms with E-state index in [0.717, 1.165) is 11.3 Å². The van der Waals surface area contributed by atoms with E-state index in [4.69, 9.17) is 9.15 Å². The number of pyridine rings is 2. The molecule has 9 nitrogen and oxygen atoms in total. The highest BCUT2D eigenvalue weighted by Gasteiger charge is 2.24. The molecule has 0 saturated heterocycles. The number of aromatic nitrogens is 4. The van der Waals surface area contributed by atoms with E-state index in [1.807, 2.05) is 56.3 Å². The number of benzene rings is 2. The molecule has 0 unspecified atom stereocenters. The van der Waals surface area contributed by atoms with Crippen molar-refractivity contribution < 1.29 is 14.3 Å². The van der Waals surface area contributed by atoms with Crippen LogP contribution in [0, 0.1) is 0 Å². The fourth-order valence-electron chi connectivity index (χ4n) is 4.49. The summed E-state index contributed by atoms with van der Waals surface area (Å²) in [7, 11) is 0. The number of aromatic hydroxyl groups is 1. The Hall–Kier alpha value is -4.79. The van der Waals surface area contributed by atoms with Crippen molar-refractivity contribution in [1.82, 2.24) is 19.7 Å². The zero-order chi connectivity index (χ0) is 25.0. The minimum atomic E-state index is -0.536. The van der Waals surface area contributed by atoms with Gasteiger partial charge in [-0.05, 0) is 55.8 Å². The molecule has 0 radical (unpaired) electrons. The Labute approximate surface area is 203 Å². The molecule has 180 valence electrons. The summed E-state index contributed by atoms with van der Waals surface area (Å²) in [6, 6.07) is 15.8. The number of phenols is 1. The lowest BCUT2D eigenvalue weighted by Crippen LogP contribution is -2.07. The van der Waals surface area contributed by atoms with Crippen LogP contribution in [-0.4, -0.2) is 24.9 Å². The molecule has 2 aromatic carbocycles. The fraction of sp³-hybridized carbons (Fsp3) is 0.148. The molecule has 4 heterocycles. The zero-order valence-electron chi connectivity index (χ0n) is 19.5. The van der Waals surface area contributed by atoms with Gasteiger partial charge in [0.05, 0.1) is 16.6 Å². The first-order valence-corrected chi connectivity index (χ1v) is 11.5. The lowest BCUT2D eigenvalue weighted by atomic mass is 10.0. The van der Waals surface area contributed by atoms with Crippen molar-refractivity contribution in [2.24, 2.45) is 0 Å². The maximum atomic E-state index is 13.1. The van der Waals surface area contributed by atoms with Crippen LogP contribution in [0.2, 0.25) is 0 Å². The first-order valence-electron chi connectivity index (χ1n) is 11.5. The third kappa shape index (κ3) is 3.36. The second-order valence-electron chi connectivity index (χ2n) is 8.86. The summed E-state index contributed by atoms with van der Waals surface area (Å²) in [5.41, 5.74) is 2.87. The average Bonchev–Trinajstić information content (AvgIpc) is 3.43. The van der Waals surface area contributed by atoms with Crippen molar-refractivity contribution in [3.63, 3.8) is 0 Å². The van der Waals surface area contributed by atoms with Crippen LogP contribution in [0.15, 0.2) is 74.8 Å². The number of phenolic OH excluding ortho intramolecular Hbond substituents is 1. The van der Waals surface area contributed by atoms with Gasteiger partial charge < -0.3 is 19.2 Å². The van der Waals surface area contributed by atoms with Crippen LogP contribution in [0.5, 0.6) is 11.5 Å². The molecule has 0 aliphatic rings. The molecule has 0 atom stereocenters. The number of aromatic amines is 2. The summed E-state index contributed by atoms with van der Waals surface area (Å²) in [5.74, 6) is 0.179. The number of rotatable bonds is 5. The minimum Gasteiger partial charge on any atom is -0.502 e. The molecule has 4 aromatic heterocycles. The van der Waals surface area contributed by atoms with E-state index in [0.29, 0.717) is 45.4 Å². The second kappa shape index (κ2) is 8.16. The van der Waals surface area contributed by atoms with Crippen molar-refractivity contribution in [2.45, 2.75) is 26.5 Å². The number of fused-ring (bicyclic) bond motifs is 4. The molecule has 0 fully saturated rings. The zero-order valence-corrected chi connectivity index (χ0v) is 19.5. The SMILES string of the molecule is CC(C)n1[nH]c(=O)c2c(-c3ccc(OCc4ccccn4)cc3)c3oc4c(O)c(=O)ccc4c3[nH]c21. The first kappa shape index (κ1) is 21.7. The third-order valence-electron chi connectivity index (χ3n) is 6.21. The highest BCUT2D eigenvalue weighted by atomic mass is 16.5. The lowest BCUT2D eigenvalue weighted by molar-refractivity contribution is 0.301. The van der Waals surface area contributed by atoms with Crippen molar-refractivity contribution in [2.75, 3.05) is 0 Å². The van der Waals surface area contributed by atoms with E-state index in [9.17, 15) is 14.7 Å². The molecule has 0 aliphatic carbocycles. The number of H-pyrrole nitrogens is 2. The van der Waals surface area contributed by atoms with Gasteiger partial charge in [-0.15, -0.1) is 0 Å². The van der Waals surface area contributed by atoms with Crippen molar-refractivity contribution in [3.05, 3.63) is 87.1 Å². The molecule has 6 aromatic rings. The van der Waals surface area contributed by atoms with Gasteiger partial charge in [0.2, 0.25) is 11.2 Å². The fourth-order valence-corrected chi connectivity index (χ4v) is 4.49. The number of furan rings is 1. The van der Waals surface area contributed by atoms with E-state index < -0.39 is 11.2 Å². The number of nitrogens with one attached hydrogen (secondary N) is 2. The molecule has 0 aliphatic heterocycles. The topological polar surface area (TPSA) is 126 Å². The summed E-state index contributed by atoms with van der Waals surface area (Å²) >= 11 is 0.